The van der Waals surface area contributed by atoms with Gasteiger partial charge in [-0.3, -0.25) is 0 Å². The lowest BCUT2D eigenvalue weighted by Gasteiger charge is -2.34. The van der Waals surface area contributed by atoms with Gasteiger partial charge in [0.15, 0.2) is 0 Å². The van der Waals surface area contributed by atoms with E-state index >= 15 is 0 Å². The minimum atomic E-state index is -0.986. The summed E-state index contributed by atoms with van der Waals surface area (Å²) in [4.78, 5) is 23.5. The number of carboxylic acids is 1. The second-order valence-electron chi connectivity index (χ2n) is 4.16. The molecule has 1 aliphatic heterocycles. The first-order chi connectivity index (χ1) is 8.56. The normalized spacial score (nSPS) is 15.1. The number of rotatable bonds is 3. The zero-order valence-electron chi connectivity index (χ0n) is 9.60. The van der Waals surface area contributed by atoms with E-state index in [0.717, 1.165) is 5.56 Å². The Balaban J connectivity index is 1.83. The van der Waals surface area contributed by atoms with E-state index in [4.69, 9.17) is 5.11 Å². The summed E-state index contributed by atoms with van der Waals surface area (Å²) in [6.45, 7) is 0.583. The summed E-state index contributed by atoms with van der Waals surface area (Å²) >= 11 is 0. The Labute approximate surface area is 103 Å². The minimum Gasteiger partial charge on any atom is -0.478 e. The monoisotopic (exact) mass is 252 g/mol. The van der Waals surface area contributed by atoms with Crippen LogP contribution in [-0.2, 0) is 6.54 Å². The predicted molar refractivity (Wildman–Crippen MR) is 62.1 cm³/mol. The first kappa shape index (κ1) is 12.3. The van der Waals surface area contributed by atoms with Crippen LogP contribution in [0.15, 0.2) is 24.3 Å². The number of benzene rings is 1. The number of aromatic carboxylic acids is 1. The Morgan fingerprint density at radius 1 is 1.33 bits per heavy atom. The number of nitrogens with one attached hydrogen (secondary N) is 1. The summed E-state index contributed by atoms with van der Waals surface area (Å²) in [6.07, 6.45) is -0.911. The zero-order chi connectivity index (χ0) is 13.1. The van der Waals surface area contributed by atoms with Gasteiger partial charge in [0.2, 0.25) is 0 Å². The average molecular weight is 252 g/mol. The number of halogens is 1. The lowest BCUT2D eigenvalue weighted by atomic mass is 10.1. The van der Waals surface area contributed by atoms with Crippen LogP contribution in [0, 0.1) is 0 Å². The molecule has 0 aromatic heterocycles. The Morgan fingerprint density at radius 2 is 1.94 bits per heavy atom. The molecule has 0 spiro atoms. The summed E-state index contributed by atoms with van der Waals surface area (Å²) in [5.41, 5.74) is 0.999. The largest absolute Gasteiger partial charge is 0.478 e. The van der Waals surface area contributed by atoms with Crippen molar-refractivity contribution in [3.05, 3.63) is 35.4 Å². The molecule has 1 aromatic rings. The van der Waals surface area contributed by atoms with Crippen molar-refractivity contribution < 1.29 is 19.1 Å². The molecule has 2 rings (SSSR count). The highest BCUT2D eigenvalue weighted by molar-refractivity contribution is 5.87. The Kier molecular flexibility index (Phi) is 3.45. The average Bonchev–Trinajstić information content (AvgIpc) is 2.32. The van der Waals surface area contributed by atoms with Crippen molar-refractivity contribution in [1.29, 1.82) is 0 Å². The highest BCUT2D eigenvalue weighted by Crippen LogP contribution is 2.11. The van der Waals surface area contributed by atoms with Gasteiger partial charge >= 0.3 is 12.0 Å². The third-order valence-electron chi connectivity index (χ3n) is 2.77. The number of alkyl halides is 1. The Hall–Kier alpha value is -2.11. The molecule has 1 fully saturated rings. The van der Waals surface area contributed by atoms with Gasteiger partial charge in [-0.1, -0.05) is 12.1 Å². The molecule has 6 heteroatoms. The first-order valence-corrected chi connectivity index (χ1v) is 5.55. The van der Waals surface area contributed by atoms with Gasteiger partial charge in [0.25, 0.3) is 0 Å². The van der Waals surface area contributed by atoms with Crippen molar-refractivity contribution in [2.24, 2.45) is 0 Å². The van der Waals surface area contributed by atoms with Crippen molar-refractivity contribution in [3.8, 4) is 0 Å². The number of nitrogens with zero attached hydrogens (tertiary/aromatic N) is 1. The fourth-order valence-electron chi connectivity index (χ4n) is 1.65. The number of carboxylic acid groups (broad SMARTS) is 1. The molecular weight excluding hydrogens is 239 g/mol. The van der Waals surface area contributed by atoms with E-state index in [9.17, 15) is 14.0 Å². The quantitative estimate of drug-likeness (QED) is 0.850. The molecule has 1 aromatic carbocycles. The third-order valence-corrected chi connectivity index (χ3v) is 2.77. The van der Waals surface area contributed by atoms with Crippen LogP contribution in [-0.4, -0.2) is 41.3 Å². The van der Waals surface area contributed by atoms with Crippen LogP contribution in [0.1, 0.15) is 15.9 Å². The van der Waals surface area contributed by atoms with E-state index in [1.165, 1.54) is 17.0 Å². The minimum absolute atomic E-state index is 0.143. The van der Waals surface area contributed by atoms with E-state index < -0.39 is 12.1 Å². The Bertz CT molecular complexity index is 455. The van der Waals surface area contributed by atoms with Crippen LogP contribution in [0.5, 0.6) is 0 Å². The molecule has 96 valence electrons. The van der Waals surface area contributed by atoms with E-state index in [1.54, 1.807) is 12.1 Å². The van der Waals surface area contributed by atoms with Crippen molar-refractivity contribution in [2.75, 3.05) is 13.1 Å². The molecule has 2 N–H and O–H groups in total. The van der Waals surface area contributed by atoms with Crippen LogP contribution in [0.3, 0.4) is 0 Å². The number of hydrogen-bond donors (Lipinski definition) is 2. The molecule has 0 radical (unpaired) electrons. The predicted octanol–water partition coefficient (Wildman–Crippen LogP) is 1.25. The van der Waals surface area contributed by atoms with Crippen molar-refractivity contribution >= 4 is 12.0 Å². The molecular formula is C12H13FN2O3. The third kappa shape index (κ3) is 2.77. The maximum Gasteiger partial charge on any atom is 0.335 e. The van der Waals surface area contributed by atoms with E-state index in [-0.39, 0.29) is 24.7 Å². The lowest BCUT2D eigenvalue weighted by Crippen LogP contribution is -2.54. The highest BCUT2D eigenvalue weighted by atomic mass is 19.1. The van der Waals surface area contributed by atoms with Gasteiger partial charge < -0.3 is 15.3 Å². The first-order valence-electron chi connectivity index (χ1n) is 5.55. The van der Waals surface area contributed by atoms with Crippen LogP contribution in [0.4, 0.5) is 9.18 Å². The second kappa shape index (κ2) is 5.03. The summed E-state index contributed by atoms with van der Waals surface area (Å²) in [6, 6.07) is 5.93. The molecule has 1 aliphatic rings. The van der Waals surface area contributed by atoms with E-state index in [2.05, 4.69) is 5.32 Å². The number of urea groups is 1. The second-order valence-corrected chi connectivity index (χ2v) is 4.16. The number of carbonyl (C=O) groups is 2. The topological polar surface area (TPSA) is 69.6 Å². The fourth-order valence-corrected chi connectivity index (χ4v) is 1.65. The maximum absolute atomic E-state index is 12.5. The van der Waals surface area contributed by atoms with Gasteiger partial charge in [0.1, 0.15) is 6.17 Å². The van der Waals surface area contributed by atoms with Gasteiger partial charge in [-0.2, -0.15) is 0 Å². The van der Waals surface area contributed by atoms with Crippen molar-refractivity contribution in [1.82, 2.24) is 10.2 Å². The smallest absolute Gasteiger partial charge is 0.335 e. The SMILES string of the molecule is O=C(O)c1ccc(CNC(=O)N2CC(F)C2)cc1. The summed E-state index contributed by atoms with van der Waals surface area (Å²) < 4.78 is 12.5. The van der Waals surface area contributed by atoms with Crippen LogP contribution >= 0.6 is 0 Å². The zero-order valence-corrected chi connectivity index (χ0v) is 9.60. The van der Waals surface area contributed by atoms with Crippen molar-refractivity contribution in [2.45, 2.75) is 12.7 Å². The van der Waals surface area contributed by atoms with Crippen LogP contribution in [0.25, 0.3) is 0 Å². The molecule has 18 heavy (non-hydrogen) atoms. The molecule has 0 aliphatic carbocycles. The van der Waals surface area contributed by atoms with E-state index in [0.29, 0.717) is 6.54 Å². The van der Waals surface area contributed by atoms with Gasteiger partial charge in [-0.05, 0) is 17.7 Å². The molecule has 2 amide bonds. The van der Waals surface area contributed by atoms with Gasteiger partial charge in [-0.15, -0.1) is 0 Å². The molecule has 1 saturated heterocycles. The molecule has 0 saturated carbocycles. The standard InChI is InChI=1S/C12H13FN2O3/c13-10-6-15(7-10)12(18)14-5-8-1-3-9(4-2-8)11(16)17/h1-4,10H,5-7H2,(H,14,18)(H,16,17). The number of hydrogen-bond acceptors (Lipinski definition) is 2. The van der Waals surface area contributed by atoms with Crippen LogP contribution in [0.2, 0.25) is 0 Å². The fraction of sp³-hybridized carbons (Fsp3) is 0.333. The van der Waals surface area contributed by atoms with Gasteiger partial charge in [-0.25, -0.2) is 14.0 Å². The number of likely N-dealkylation sites (tertiary alicyclic amines) is 1. The highest BCUT2D eigenvalue weighted by Gasteiger charge is 2.29. The maximum atomic E-state index is 12.5. The molecule has 0 bridgehead atoms. The van der Waals surface area contributed by atoms with E-state index in [1.807, 2.05) is 0 Å². The van der Waals surface area contributed by atoms with Crippen molar-refractivity contribution in [3.63, 3.8) is 0 Å². The number of carbonyl (C=O) groups excluding carboxylic acids is 1. The van der Waals surface area contributed by atoms with Gasteiger partial charge in [0.05, 0.1) is 18.7 Å². The summed E-state index contributed by atoms with van der Waals surface area (Å²) in [5.74, 6) is -0.986. The lowest BCUT2D eigenvalue weighted by molar-refractivity contribution is 0.0697. The van der Waals surface area contributed by atoms with Crippen LogP contribution < -0.4 is 5.32 Å². The summed E-state index contributed by atoms with van der Waals surface area (Å²) in [7, 11) is 0. The molecule has 0 atom stereocenters. The Morgan fingerprint density at radius 3 is 2.44 bits per heavy atom. The summed E-state index contributed by atoms with van der Waals surface area (Å²) in [5, 5.41) is 11.4. The molecule has 0 unspecified atom stereocenters. The number of amides is 2. The molecule has 1 heterocycles. The molecule has 5 nitrogen and oxygen atoms in total. The van der Waals surface area contributed by atoms with Gasteiger partial charge in [0, 0.05) is 6.54 Å².